The molecule has 1 atom stereocenters. The summed E-state index contributed by atoms with van der Waals surface area (Å²) in [6, 6.07) is 4.95. The van der Waals surface area contributed by atoms with Gasteiger partial charge >= 0.3 is 0 Å². The molecule has 9 heteroatoms. The minimum Gasteiger partial charge on any atom is -0.371 e. The van der Waals surface area contributed by atoms with Crippen LogP contribution >= 0.6 is 0 Å². The Hall–Kier alpha value is -2.13. The lowest BCUT2D eigenvalue weighted by molar-refractivity contribution is -0.126. The number of sulfonamides is 1. The molecule has 2 aliphatic heterocycles. The molecule has 1 aromatic carbocycles. The van der Waals surface area contributed by atoms with E-state index in [1.165, 1.54) is 4.31 Å². The molecule has 3 rings (SSSR count). The van der Waals surface area contributed by atoms with E-state index < -0.39 is 10.0 Å². The van der Waals surface area contributed by atoms with E-state index in [-0.39, 0.29) is 22.6 Å². The summed E-state index contributed by atoms with van der Waals surface area (Å²) in [5, 5.41) is 2.94. The number of hydrogen-bond donors (Lipinski definition) is 1. The normalized spacial score (nSPS) is 19.2. The standard InChI is InChI=1S/C24H38N4O4S/c1-4-13-25-23(29)19-10-9-16-27(18-19)24(30)21-17-20(33(31,32)28(5-2)6-3)11-12-22(21)26-14-7-8-15-26/h11-12,17,19H,4-10,13-16,18H2,1-3H3,(H,25,29). The molecule has 1 N–H and O–H groups in total. The van der Waals surface area contributed by atoms with Crippen molar-refractivity contribution in [2.24, 2.45) is 5.92 Å². The van der Waals surface area contributed by atoms with Crippen molar-refractivity contribution in [1.82, 2.24) is 14.5 Å². The lowest BCUT2D eigenvalue weighted by Crippen LogP contribution is -2.46. The molecule has 2 amide bonds. The zero-order valence-corrected chi connectivity index (χ0v) is 21.0. The fraction of sp³-hybridized carbons (Fsp3) is 0.667. The molecule has 0 aliphatic carbocycles. The summed E-state index contributed by atoms with van der Waals surface area (Å²) in [5.74, 6) is -0.430. The van der Waals surface area contributed by atoms with Crippen LogP contribution in [-0.2, 0) is 14.8 Å². The molecule has 0 aromatic heterocycles. The van der Waals surface area contributed by atoms with Gasteiger partial charge in [0.05, 0.1) is 16.4 Å². The predicted molar refractivity (Wildman–Crippen MR) is 130 cm³/mol. The molecular formula is C24H38N4O4S. The Morgan fingerprint density at radius 1 is 1.06 bits per heavy atom. The van der Waals surface area contributed by atoms with Crippen molar-refractivity contribution in [2.75, 3.05) is 50.7 Å². The summed E-state index contributed by atoms with van der Waals surface area (Å²) in [7, 11) is -3.68. The molecule has 0 saturated carbocycles. The van der Waals surface area contributed by atoms with E-state index in [9.17, 15) is 18.0 Å². The highest BCUT2D eigenvalue weighted by Crippen LogP contribution is 2.30. The van der Waals surface area contributed by atoms with E-state index in [4.69, 9.17) is 0 Å². The van der Waals surface area contributed by atoms with Gasteiger partial charge in [0.1, 0.15) is 0 Å². The Kier molecular flexibility index (Phi) is 8.75. The number of carbonyl (C=O) groups excluding carboxylic acids is 2. The van der Waals surface area contributed by atoms with Gasteiger partial charge in [0.2, 0.25) is 15.9 Å². The minimum absolute atomic E-state index is 0.00743. The van der Waals surface area contributed by atoms with Crippen LogP contribution < -0.4 is 10.2 Å². The zero-order valence-electron chi connectivity index (χ0n) is 20.2. The van der Waals surface area contributed by atoms with Crippen LogP contribution in [0.1, 0.15) is 63.2 Å². The SMILES string of the molecule is CCCNC(=O)C1CCCN(C(=O)c2cc(S(=O)(=O)N(CC)CC)ccc2N2CCCC2)C1. The second-order valence-corrected chi connectivity index (χ2v) is 10.8. The van der Waals surface area contributed by atoms with E-state index in [1.807, 2.05) is 20.8 Å². The highest BCUT2D eigenvalue weighted by molar-refractivity contribution is 7.89. The Balaban J connectivity index is 1.93. The first-order valence-corrected chi connectivity index (χ1v) is 13.7. The van der Waals surface area contributed by atoms with Gasteiger partial charge in [0, 0.05) is 51.5 Å². The number of likely N-dealkylation sites (tertiary alicyclic amines) is 1. The van der Waals surface area contributed by atoms with Crippen LogP contribution in [0.2, 0.25) is 0 Å². The van der Waals surface area contributed by atoms with E-state index in [0.29, 0.717) is 38.3 Å². The number of rotatable bonds is 9. The van der Waals surface area contributed by atoms with Crippen LogP contribution in [0, 0.1) is 5.92 Å². The predicted octanol–water partition coefficient (Wildman–Crippen LogP) is 2.70. The van der Waals surface area contributed by atoms with Gasteiger partial charge in [-0.15, -0.1) is 0 Å². The van der Waals surface area contributed by atoms with Crippen molar-refractivity contribution >= 4 is 27.5 Å². The summed E-state index contributed by atoms with van der Waals surface area (Å²) >= 11 is 0. The van der Waals surface area contributed by atoms with Crippen molar-refractivity contribution in [2.45, 2.75) is 57.8 Å². The Bertz CT molecular complexity index is 940. The third-order valence-corrected chi connectivity index (χ3v) is 8.66. The van der Waals surface area contributed by atoms with E-state index in [1.54, 1.807) is 23.1 Å². The topological polar surface area (TPSA) is 90.0 Å². The maximum atomic E-state index is 13.7. The number of nitrogens with one attached hydrogen (secondary N) is 1. The van der Waals surface area contributed by atoms with Gasteiger partial charge < -0.3 is 15.1 Å². The third kappa shape index (κ3) is 5.69. The van der Waals surface area contributed by atoms with Gasteiger partial charge in [-0.3, -0.25) is 9.59 Å². The molecule has 2 fully saturated rings. The Morgan fingerprint density at radius 2 is 1.76 bits per heavy atom. The molecular weight excluding hydrogens is 440 g/mol. The first-order valence-electron chi connectivity index (χ1n) is 12.3. The minimum atomic E-state index is -3.68. The van der Waals surface area contributed by atoms with Crippen LogP contribution in [0.4, 0.5) is 5.69 Å². The van der Waals surface area contributed by atoms with Crippen molar-refractivity contribution in [3.63, 3.8) is 0 Å². The second kappa shape index (κ2) is 11.3. The maximum Gasteiger partial charge on any atom is 0.256 e. The number of amides is 2. The third-order valence-electron chi connectivity index (χ3n) is 6.62. The van der Waals surface area contributed by atoms with Crippen LogP contribution in [0.15, 0.2) is 23.1 Å². The molecule has 1 unspecified atom stereocenters. The Morgan fingerprint density at radius 3 is 2.39 bits per heavy atom. The maximum absolute atomic E-state index is 13.7. The van der Waals surface area contributed by atoms with Gasteiger partial charge in [-0.25, -0.2) is 8.42 Å². The van der Waals surface area contributed by atoms with E-state index >= 15 is 0 Å². The summed E-state index contributed by atoms with van der Waals surface area (Å²) in [6.07, 6.45) is 4.49. The molecule has 8 nitrogen and oxygen atoms in total. The molecule has 2 heterocycles. The van der Waals surface area contributed by atoms with E-state index in [2.05, 4.69) is 10.2 Å². The molecule has 0 radical (unpaired) electrons. The summed E-state index contributed by atoms with van der Waals surface area (Å²) in [6.45, 7) is 9.64. The molecule has 2 saturated heterocycles. The largest absolute Gasteiger partial charge is 0.371 e. The van der Waals surface area contributed by atoms with Crippen molar-refractivity contribution in [3.8, 4) is 0 Å². The van der Waals surface area contributed by atoms with Crippen molar-refractivity contribution in [1.29, 1.82) is 0 Å². The molecule has 184 valence electrons. The zero-order chi connectivity index (χ0) is 24.0. The quantitative estimate of drug-likeness (QED) is 0.589. The summed E-state index contributed by atoms with van der Waals surface area (Å²) in [4.78, 5) is 30.3. The van der Waals surface area contributed by atoms with Crippen LogP contribution in [0.25, 0.3) is 0 Å². The summed E-state index contributed by atoms with van der Waals surface area (Å²) < 4.78 is 27.7. The molecule has 33 heavy (non-hydrogen) atoms. The number of hydrogen-bond acceptors (Lipinski definition) is 5. The average molecular weight is 479 g/mol. The Labute approximate surface area is 198 Å². The highest BCUT2D eigenvalue weighted by atomic mass is 32.2. The fourth-order valence-corrected chi connectivity index (χ4v) is 6.22. The van der Waals surface area contributed by atoms with Crippen molar-refractivity contribution < 1.29 is 18.0 Å². The van der Waals surface area contributed by atoms with Crippen LogP contribution in [0.3, 0.4) is 0 Å². The fourth-order valence-electron chi connectivity index (χ4n) is 4.73. The van der Waals surface area contributed by atoms with E-state index in [0.717, 1.165) is 50.9 Å². The van der Waals surface area contributed by atoms with Gasteiger partial charge in [-0.05, 0) is 50.3 Å². The number of nitrogens with zero attached hydrogens (tertiary/aromatic N) is 3. The summed E-state index contributed by atoms with van der Waals surface area (Å²) in [5.41, 5.74) is 1.20. The van der Waals surface area contributed by atoms with Crippen LogP contribution in [-0.4, -0.2) is 75.3 Å². The van der Waals surface area contributed by atoms with Crippen molar-refractivity contribution in [3.05, 3.63) is 23.8 Å². The van der Waals surface area contributed by atoms with Crippen LogP contribution in [0.5, 0.6) is 0 Å². The first-order chi connectivity index (χ1) is 15.8. The molecule has 2 aliphatic rings. The lowest BCUT2D eigenvalue weighted by Gasteiger charge is -2.33. The first kappa shape index (κ1) is 25.5. The van der Waals surface area contributed by atoms with Gasteiger partial charge in [-0.2, -0.15) is 4.31 Å². The molecule has 0 bridgehead atoms. The second-order valence-electron chi connectivity index (χ2n) is 8.84. The number of anilines is 1. The molecule has 1 aromatic rings. The number of benzene rings is 1. The molecule has 0 spiro atoms. The van der Waals surface area contributed by atoms with Gasteiger partial charge in [0.25, 0.3) is 5.91 Å². The van der Waals surface area contributed by atoms with Gasteiger partial charge in [-0.1, -0.05) is 20.8 Å². The monoisotopic (exact) mass is 478 g/mol. The number of carbonyl (C=O) groups is 2. The van der Waals surface area contributed by atoms with Gasteiger partial charge in [0.15, 0.2) is 0 Å². The smallest absolute Gasteiger partial charge is 0.256 e. The number of piperidine rings is 1. The lowest BCUT2D eigenvalue weighted by atomic mass is 9.96. The highest BCUT2D eigenvalue weighted by Gasteiger charge is 2.32. The average Bonchev–Trinajstić information content (AvgIpc) is 3.37.